The highest BCUT2D eigenvalue weighted by Gasteiger charge is 2.23. The number of nitrogens with two attached hydrogens (primary N) is 3. The van der Waals surface area contributed by atoms with Gasteiger partial charge in [0.2, 0.25) is 0 Å². The van der Waals surface area contributed by atoms with Gasteiger partial charge >= 0.3 is 0 Å². The minimum Gasteiger partial charge on any atom is -0.326 e. The van der Waals surface area contributed by atoms with E-state index >= 15 is 0 Å². The molecule has 0 radical (unpaired) electrons. The van der Waals surface area contributed by atoms with Gasteiger partial charge in [-0.15, -0.1) is 0 Å². The predicted molar refractivity (Wildman–Crippen MR) is 118 cm³/mol. The average molecular weight is 383 g/mol. The van der Waals surface area contributed by atoms with Crippen LogP contribution < -0.4 is 17.4 Å². The maximum absolute atomic E-state index is 5.90. The summed E-state index contributed by atoms with van der Waals surface area (Å²) in [6.07, 6.45) is 5.82. The van der Waals surface area contributed by atoms with Gasteiger partial charge in [-0.1, -0.05) is 36.4 Å². The molecular weight excluding hydrogens is 358 g/mol. The van der Waals surface area contributed by atoms with Crippen molar-refractivity contribution in [3.8, 4) is 28.1 Å². The number of nitrogens with zero attached hydrogens (tertiary/aromatic N) is 2. The predicted octanol–water partition coefficient (Wildman–Crippen LogP) is 3.58. The van der Waals surface area contributed by atoms with Gasteiger partial charge in [0.05, 0.1) is 5.69 Å². The van der Waals surface area contributed by atoms with Gasteiger partial charge in [0.25, 0.3) is 0 Å². The highest BCUT2D eigenvalue weighted by atomic mass is 15.0. The molecule has 0 spiro atoms. The topological polar surface area (TPSA) is 95.9 Å². The lowest BCUT2D eigenvalue weighted by Gasteiger charge is -2.20. The Kier molecular flexibility index (Phi) is 5.53. The fraction of sp³-hybridized carbons (Fsp3) is 0.125. The zero-order valence-corrected chi connectivity index (χ0v) is 16.3. The summed E-state index contributed by atoms with van der Waals surface area (Å²) in [6, 6.07) is 23.8. The summed E-state index contributed by atoms with van der Waals surface area (Å²) >= 11 is 0. The lowest BCUT2D eigenvalue weighted by molar-refractivity contribution is 0.856. The van der Waals surface area contributed by atoms with E-state index in [0.717, 1.165) is 18.4 Å². The zero-order valence-electron chi connectivity index (χ0n) is 16.3. The van der Waals surface area contributed by atoms with Crippen molar-refractivity contribution >= 4 is 0 Å². The van der Waals surface area contributed by atoms with E-state index in [1.54, 1.807) is 0 Å². The summed E-state index contributed by atoms with van der Waals surface area (Å²) in [7, 11) is 0. The van der Waals surface area contributed by atoms with Gasteiger partial charge in [0, 0.05) is 41.4 Å². The molecule has 29 heavy (non-hydrogen) atoms. The molecule has 0 unspecified atom stereocenters. The van der Waals surface area contributed by atoms with Crippen molar-refractivity contribution in [1.29, 1.82) is 0 Å². The van der Waals surface area contributed by atoms with Crippen LogP contribution in [0.1, 0.15) is 16.8 Å². The fourth-order valence-corrected chi connectivity index (χ4v) is 4.14. The molecule has 2 aromatic heterocycles. The molecule has 5 heteroatoms. The van der Waals surface area contributed by atoms with Crippen molar-refractivity contribution < 1.29 is 0 Å². The second-order valence-corrected chi connectivity index (χ2v) is 6.99. The van der Waals surface area contributed by atoms with Crippen molar-refractivity contribution in [2.24, 2.45) is 17.4 Å². The van der Waals surface area contributed by atoms with E-state index in [2.05, 4.69) is 88.0 Å². The Morgan fingerprint density at radius 2 is 1.62 bits per heavy atom. The van der Waals surface area contributed by atoms with E-state index in [1.165, 1.54) is 39.3 Å². The summed E-state index contributed by atoms with van der Waals surface area (Å²) in [4.78, 5) is 4.19. The Morgan fingerprint density at radius 3 is 2.41 bits per heavy atom. The van der Waals surface area contributed by atoms with Gasteiger partial charge in [0.1, 0.15) is 0 Å². The summed E-state index contributed by atoms with van der Waals surface area (Å²) in [5, 5.41) is 0. The van der Waals surface area contributed by atoms with Gasteiger partial charge in [-0.3, -0.25) is 16.7 Å². The SMILES string of the molecule is NCc1cccc(-n2c(-c3ccncc3)cc3c2CCc2ccccc2-3)c1.NN. The maximum atomic E-state index is 5.90. The smallest absolute Gasteiger partial charge is 0.0538 e. The van der Waals surface area contributed by atoms with E-state index in [1.807, 2.05) is 12.4 Å². The normalized spacial score (nSPS) is 11.8. The Labute approximate surface area is 170 Å². The Hall–Kier alpha value is -3.25. The molecule has 5 rings (SSSR count). The Balaban J connectivity index is 0.000000994. The van der Waals surface area contributed by atoms with Gasteiger partial charge < -0.3 is 10.3 Å². The summed E-state index contributed by atoms with van der Waals surface area (Å²) in [5.41, 5.74) is 16.1. The molecule has 1 aliphatic carbocycles. The molecule has 0 amide bonds. The van der Waals surface area contributed by atoms with Crippen LogP contribution in [0.25, 0.3) is 28.1 Å². The number of benzene rings is 2. The number of aromatic nitrogens is 2. The number of rotatable bonds is 3. The van der Waals surface area contributed by atoms with Crippen LogP contribution in [0, 0.1) is 0 Å². The largest absolute Gasteiger partial charge is 0.326 e. The quantitative estimate of drug-likeness (QED) is 0.372. The van der Waals surface area contributed by atoms with Crippen molar-refractivity contribution in [2.75, 3.05) is 0 Å². The second-order valence-electron chi connectivity index (χ2n) is 6.99. The van der Waals surface area contributed by atoms with Crippen LogP contribution in [-0.4, -0.2) is 9.55 Å². The number of aryl methyl sites for hydroxylation is 1. The third-order valence-electron chi connectivity index (χ3n) is 5.42. The van der Waals surface area contributed by atoms with Gasteiger partial charge in [-0.25, -0.2) is 0 Å². The first-order chi connectivity index (χ1) is 14.3. The lowest BCUT2D eigenvalue weighted by atomic mass is 9.90. The summed E-state index contributed by atoms with van der Waals surface area (Å²) in [5.74, 6) is 8.00. The van der Waals surface area contributed by atoms with Gasteiger partial charge in [-0.2, -0.15) is 0 Å². The van der Waals surface area contributed by atoms with Crippen molar-refractivity contribution in [1.82, 2.24) is 9.55 Å². The number of hydrogen-bond donors (Lipinski definition) is 3. The molecule has 4 aromatic rings. The van der Waals surface area contributed by atoms with Crippen LogP contribution in [0.15, 0.2) is 79.1 Å². The van der Waals surface area contributed by atoms with Crippen molar-refractivity contribution in [3.63, 3.8) is 0 Å². The molecule has 5 nitrogen and oxygen atoms in total. The van der Waals surface area contributed by atoms with E-state index in [0.29, 0.717) is 6.54 Å². The zero-order chi connectivity index (χ0) is 20.2. The number of fused-ring (bicyclic) bond motifs is 3. The first-order valence-electron chi connectivity index (χ1n) is 9.71. The minimum atomic E-state index is 0.546. The molecule has 6 N–H and O–H groups in total. The van der Waals surface area contributed by atoms with Crippen LogP contribution >= 0.6 is 0 Å². The molecule has 0 aliphatic heterocycles. The molecule has 0 fully saturated rings. The average Bonchev–Trinajstić information content (AvgIpc) is 3.21. The molecular formula is C24H25N5. The molecule has 1 aliphatic rings. The van der Waals surface area contributed by atoms with Crippen LogP contribution in [0.4, 0.5) is 0 Å². The standard InChI is InChI=1S/C24H21N3.H4N2/c25-16-17-4-3-6-20(14-17)27-23-9-8-18-5-1-2-7-21(18)22(23)15-24(27)19-10-12-26-13-11-19;1-2/h1-7,10-15H,8-9,16,25H2;1-2H2. The maximum Gasteiger partial charge on any atom is 0.0538 e. The summed E-state index contributed by atoms with van der Waals surface area (Å²) < 4.78 is 2.40. The monoisotopic (exact) mass is 383 g/mol. The molecule has 0 saturated heterocycles. The Bertz CT molecular complexity index is 1120. The second kappa shape index (κ2) is 8.41. The highest BCUT2D eigenvalue weighted by Crippen LogP contribution is 2.40. The van der Waals surface area contributed by atoms with Crippen LogP contribution in [0.5, 0.6) is 0 Å². The molecule has 0 saturated carbocycles. The van der Waals surface area contributed by atoms with Gasteiger partial charge in [-0.05, 0) is 59.9 Å². The molecule has 0 bridgehead atoms. The van der Waals surface area contributed by atoms with Crippen LogP contribution in [0.2, 0.25) is 0 Å². The van der Waals surface area contributed by atoms with E-state index < -0.39 is 0 Å². The van der Waals surface area contributed by atoms with Crippen LogP contribution in [0.3, 0.4) is 0 Å². The molecule has 2 heterocycles. The van der Waals surface area contributed by atoms with Crippen LogP contribution in [-0.2, 0) is 19.4 Å². The fourth-order valence-electron chi connectivity index (χ4n) is 4.14. The van der Waals surface area contributed by atoms with Gasteiger partial charge in [0.15, 0.2) is 0 Å². The van der Waals surface area contributed by atoms with Crippen molar-refractivity contribution in [2.45, 2.75) is 19.4 Å². The third-order valence-corrected chi connectivity index (χ3v) is 5.42. The number of pyridine rings is 1. The first-order valence-corrected chi connectivity index (χ1v) is 9.71. The summed E-state index contributed by atoms with van der Waals surface area (Å²) in [6.45, 7) is 0.546. The number of hydrazine groups is 1. The Morgan fingerprint density at radius 1 is 0.828 bits per heavy atom. The molecule has 0 atom stereocenters. The molecule has 2 aromatic carbocycles. The van der Waals surface area contributed by atoms with E-state index in [4.69, 9.17) is 5.73 Å². The minimum absolute atomic E-state index is 0.546. The number of hydrogen-bond acceptors (Lipinski definition) is 4. The molecule has 146 valence electrons. The highest BCUT2D eigenvalue weighted by molar-refractivity contribution is 5.80. The lowest BCUT2D eigenvalue weighted by Crippen LogP contribution is -2.09. The van der Waals surface area contributed by atoms with E-state index in [-0.39, 0.29) is 0 Å². The van der Waals surface area contributed by atoms with E-state index in [9.17, 15) is 0 Å². The first kappa shape index (κ1) is 19.1. The van der Waals surface area contributed by atoms with Crippen molar-refractivity contribution in [3.05, 3.63) is 95.9 Å². The third kappa shape index (κ3) is 3.47.